The Morgan fingerprint density at radius 1 is 0.742 bits per heavy atom. The van der Waals surface area contributed by atoms with Crippen molar-refractivity contribution in [1.29, 1.82) is 0 Å². The van der Waals surface area contributed by atoms with E-state index in [-0.39, 0.29) is 29.6 Å². The molecule has 0 spiro atoms. The molecule has 0 radical (unpaired) electrons. The minimum absolute atomic E-state index is 0.0282. The number of aryl methyl sites for hydroxylation is 2. The number of benzene rings is 2. The average Bonchev–Trinajstić information content (AvgIpc) is 3.06. The van der Waals surface area contributed by atoms with Crippen LogP contribution in [0.5, 0.6) is 0 Å². The Morgan fingerprint density at radius 3 is 2.19 bits per heavy atom. The third-order valence-electron chi connectivity index (χ3n) is 7.45. The number of carbonyl (C=O) groups is 2. The highest BCUT2D eigenvalue weighted by atomic mass is 16.2. The molecule has 1 aliphatic heterocycles. The molecule has 1 saturated heterocycles. The molecule has 154 valence electrons. The first kappa shape index (κ1) is 18.6. The lowest BCUT2D eigenvalue weighted by molar-refractivity contribution is -0.122. The molecule has 0 N–H and O–H groups in total. The van der Waals surface area contributed by atoms with Crippen LogP contribution < -0.4 is 4.90 Å². The van der Waals surface area contributed by atoms with Crippen molar-refractivity contribution in [3.63, 3.8) is 0 Å². The Kier molecular flexibility index (Phi) is 4.31. The SMILES string of the molecule is O=C1[C@@H]2[C@@H]3C4=CC=C(CCc5ccc(cc5)CC4)C3=CC[C@@H]2C(=O)N1c1ccccc1. The van der Waals surface area contributed by atoms with E-state index in [0.29, 0.717) is 12.1 Å². The number of hydrogen-bond acceptors (Lipinski definition) is 2. The van der Waals surface area contributed by atoms with E-state index in [2.05, 4.69) is 42.5 Å². The van der Waals surface area contributed by atoms with Crippen LogP contribution in [-0.2, 0) is 22.4 Å². The van der Waals surface area contributed by atoms with E-state index < -0.39 is 0 Å². The maximum atomic E-state index is 13.7. The zero-order valence-electron chi connectivity index (χ0n) is 17.5. The number of imide groups is 1. The summed E-state index contributed by atoms with van der Waals surface area (Å²) in [6.07, 6.45) is 11.3. The van der Waals surface area contributed by atoms with E-state index >= 15 is 0 Å². The molecule has 2 amide bonds. The number of hydrogen-bond donors (Lipinski definition) is 0. The largest absolute Gasteiger partial charge is 0.274 e. The Bertz CT molecular complexity index is 1150. The molecule has 1 fully saturated rings. The number of allylic oxidation sites excluding steroid dienone is 6. The van der Waals surface area contributed by atoms with Crippen LogP contribution in [0.15, 0.2) is 89.5 Å². The smallest absolute Gasteiger partial charge is 0.238 e. The van der Waals surface area contributed by atoms with E-state index in [0.717, 1.165) is 25.7 Å². The summed E-state index contributed by atoms with van der Waals surface area (Å²) in [5, 5.41) is 0. The zero-order valence-corrected chi connectivity index (χ0v) is 17.5. The van der Waals surface area contributed by atoms with Crippen LogP contribution >= 0.6 is 0 Å². The van der Waals surface area contributed by atoms with E-state index in [1.807, 2.05) is 30.3 Å². The minimum Gasteiger partial charge on any atom is -0.274 e. The summed E-state index contributed by atoms with van der Waals surface area (Å²) >= 11 is 0. The maximum absolute atomic E-state index is 13.7. The normalized spacial score (nSPS) is 27.0. The number of amides is 2. The van der Waals surface area contributed by atoms with Gasteiger partial charge in [-0.3, -0.25) is 14.5 Å². The van der Waals surface area contributed by atoms with Crippen molar-refractivity contribution in [2.24, 2.45) is 17.8 Å². The van der Waals surface area contributed by atoms with E-state index in [1.54, 1.807) is 0 Å². The highest BCUT2D eigenvalue weighted by Crippen LogP contribution is 2.50. The predicted octanol–water partition coefficient (Wildman–Crippen LogP) is 5.18. The van der Waals surface area contributed by atoms with Gasteiger partial charge in [-0.05, 0) is 66.5 Å². The van der Waals surface area contributed by atoms with E-state index in [4.69, 9.17) is 0 Å². The second kappa shape index (κ2) is 7.19. The number of nitrogens with zero attached hydrogens (tertiary/aromatic N) is 1. The van der Waals surface area contributed by atoms with Gasteiger partial charge in [-0.25, -0.2) is 0 Å². The molecule has 31 heavy (non-hydrogen) atoms. The van der Waals surface area contributed by atoms with Gasteiger partial charge in [-0.2, -0.15) is 0 Å². The minimum atomic E-state index is -0.286. The average molecular weight is 408 g/mol. The number of fused-ring (bicyclic) bond motifs is 1. The summed E-state index contributed by atoms with van der Waals surface area (Å²) < 4.78 is 0. The summed E-state index contributed by atoms with van der Waals surface area (Å²) in [4.78, 5) is 28.5. The van der Waals surface area contributed by atoms with Crippen molar-refractivity contribution in [2.45, 2.75) is 32.1 Å². The van der Waals surface area contributed by atoms with Crippen molar-refractivity contribution >= 4 is 17.5 Å². The molecule has 0 unspecified atom stereocenters. The summed E-state index contributed by atoms with van der Waals surface area (Å²) in [5.41, 5.74) is 7.30. The lowest BCUT2D eigenvalue weighted by Crippen LogP contribution is -2.35. The molecule has 7 aliphatic rings. The van der Waals surface area contributed by atoms with Gasteiger partial charge in [-0.15, -0.1) is 0 Å². The molecular weight excluding hydrogens is 382 g/mol. The van der Waals surface area contributed by atoms with Crippen LogP contribution in [0.4, 0.5) is 5.69 Å². The Labute approximate surface area is 182 Å². The van der Waals surface area contributed by atoms with Gasteiger partial charge >= 0.3 is 0 Å². The fourth-order valence-electron chi connectivity index (χ4n) is 5.85. The summed E-state index contributed by atoms with van der Waals surface area (Å²) in [7, 11) is 0. The standard InChI is InChI=1S/C28H25NO2/c30-27-24-17-16-23-20-12-10-18-6-8-19(9-7-18)11-13-21(15-14-20)25(23)26(24)28(31)29(27)22-4-2-1-3-5-22/h1-9,14-16,24-26H,10-13,17H2/t24-,25+,26-/m0/s1. The molecule has 1 heterocycles. The first-order valence-corrected chi connectivity index (χ1v) is 11.3. The highest BCUT2D eigenvalue weighted by molar-refractivity contribution is 6.22. The van der Waals surface area contributed by atoms with E-state index in [9.17, 15) is 9.59 Å². The van der Waals surface area contributed by atoms with Crippen LogP contribution in [0.2, 0.25) is 0 Å². The van der Waals surface area contributed by atoms with Gasteiger partial charge in [0.1, 0.15) is 0 Å². The third kappa shape index (κ3) is 2.95. The maximum Gasteiger partial charge on any atom is 0.238 e. The first-order valence-electron chi connectivity index (χ1n) is 11.3. The number of anilines is 1. The molecule has 9 rings (SSSR count). The van der Waals surface area contributed by atoms with Gasteiger partial charge < -0.3 is 0 Å². The van der Waals surface area contributed by atoms with Crippen molar-refractivity contribution in [3.8, 4) is 0 Å². The molecule has 0 aromatic heterocycles. The van der Waals surface area contributed by atoms with Crippen LogP contribution in [0.1, 0.15) is 30.4 Å². The van der Waals surface area contributed by atoms with Crippen LogP contribution in [0, 0.1) is 17.8 Å². The molecule has 2 aromatic rings. The van der Waals surface area contributed by atoms with Crippen LogP contribution in [0.25, 0.3) is 0 Å². The molecule has 4 bridgehead atoms. The Morgan fingerprint density at radius 2 is 1.45 bits per heavy atom. The fraction of sp³-hybridized carbons (Fsp3) is 0.286. The van der Waals surface area contributed by atoms with Gasteiger partial charge in [0.25, 0.3) is 0 Å². The van der Waals surface area contributed by atoms with E-state index in [1.165, 1.54) is 32.7 Å². The highest BCUT2D eigenvalue weighted by Gasteiger charge is 2.54. The van der Waals surface area contributed by atoms with Crippen LogP contribution in [-0.4, -0.2) is 11.8 Å². The van der Waals surface area contributed by atoms with Gasteiger partial charge in [0, 0.05) is 5.92 Å². The third-order valence-corrected chi connectivity index (χ3v) is 7.45. The first-order chi connectivity index (χ1) is 15.2. The van der Waals surface area contributed by atoms with Crippen molar-refractivity contribution < 1.29 is 9.59 Å². The van der Waals surface area contributed by atoms with Gasteiger partial charge in [0.05, 0.1) is 17.5 Å². The zero-order chi connectivity index (χ0) is 20.9. The van der Waals surface area contributed by atoms with Crippen molar-refractivity contribution in [1.82, 2.24) is 0 Å². The predicted molar refractivity (Wildman–Crippen MR) is 121 cm³/mol. The fourth-order valence-corrected chi connectivity index (χ4v) is 5.85. The number of carbonyl (C=O) groups excluding carboxylic acids is 2. The summed E-state index contributed by atoms with van der Waals surface area (Å²) in [6, 6.07) is 18.4. The molecule has 3 nitrogen and oxygen atoms in total. The lowest BCUT2D eigenvalue weighted by atomic mass is 9.65. The second-order valence-electron chi connectivity index (χ2n) is 9.10. The topological polar surface area (TPSA) is 37.4 Å². The van der Waals surface area contributed by atoms with Crippen molar-refractivity contribution in [3.05, 3.63) is 101 Å². The second-order valence-corrected chi connectivity index (χ2v) is 9.10. The van der Waals surface area contributed by atoms with Crippen molar-refractivity contribution in [2.75, 3.05) is 4.90 Å². The Balaban J connectivity index is 1.40. The van der Waals surface area contributed by atoms with Gasteiger partial charge in [0.15, 0.2) is 0 Å². The molecule has 6 aliphatic carbocycles. The van der Waals surface area contributed by atoms with Gasteiger partial charge in [0.2, 0.25) is 11.8 Å². The molecule has 0 saturated carbocycles. The number of para-hydroxylation sites is 1. The summed E-state index contributed by atoms with van der Waals surface area (Å²) in [5.74, 6) is -0.579. The number of rotatable bonds is 1. The van der Waals surface area contributed by atoms with Crippen LogP contribution in [0.3, 0.4) is 0 Å². The van der Waals surface area contributed by atoms with Gasteiger partial charge in [-0.1, -0.05) is 66.3 Å². The monoisotopic (exact) mass is 407 g/mol. The summed E-state index contributed by atoms with van der Waals surface area (Å²) in [6.45, 7) is 0. The molecule has 2 aromatic carbocycles. The lowest BCUT2D eigenvalue weighted by Gasteiger charge is -2.37. The molecule has 3 atom stereocenters. The molecular formula is C28H25NO2. The Hall–Kier alpha value is -3.20. The quantitative estimate of drug-likeness (QED) is 0.611. The molecule has 3 heteroatoms.